The number of nitrogens with zero attached hydrogens (tertiary/aromatic N) is 1. The van der Waals surface area contributed by atoms with E-state index < -0.39 is 11.6 Å². The van der Waals surface area contributed by atoms with E-state index in [1.54, 1.807) is 14.0 Å². The molecule has 0 bridgehead atoms. The van der Waals surface area contributed by atoms with Crippen LogP contribution < -0.4 is 0 Å². The molecule has 0 aromatic rings. The highest BCUT2D eigenvalue weighted by Crippen LogP contribution is 2.36. The third kappa shape index (κ3) is 4.04. The molecule has 1 heterocycles. The van der Waals surface area contributed by atoms with E-state index in [1.165, 1.54) is 12.0 Å². The van der Waals surface area contributed by atoms with Gasteiger partial charge in [0.25, 0.3) is 5.91 Å². The second-order valence-corrected chi connectivity index (χ2v) is 6.59. The third-order valence-electron chi connectivity index (χ3n) is 5.12. The second kappa shape index (κ2) is 8.11. The van der Waals surface area contributed by atoms with Crippen LogP contribution in [0.2, 0.25) is 0 Å². The van der Waals surface area contributed by atoms with Crippen molar-refractivity contribution in [2.75, 3.05) is 27.4 Å². The van der Waals surface area contributed by atoms with Crippen LogP contribution in [0.15, 0.2) is 0 Å². The molecule has 6 nitrogen and oxygen atoms in total. The number of carbonyl (C=O) groups is 2. The van der Waals surface area contributed by atoms with Crippen molar-refractivity contribution in [3.05, 3.63) is 0 Å². The second-order valence-electron chi connectivity index (χ2n) is 6.59. The summed E-state index contributed by atoms with van der Waals surface area (Å²) >= 11 is 0. The minimum absolute atomic E-state index is 0.0744. The summed E-state index contributed by atoms with van der Waals surface area (Å²) in [7, 11) is 3.06. The summed E-state index contributed by atoms with van der Waals surface area (Å²) in [5.41, 5.74) is -0.829. The quantitative estimate of drug-likeness (QED) is 0.697. The molecule has 1 aliphatic heterocycles. The van der Waals surface area contributed by atoms with Gasteiger partial charge >= 0.3 is 5.97 Å². The highest BCUT2D eigenvalue weighted by Gasteiger charge is 2.48. The standard InChI is InChI=1S/C17H29NO5/c1-13(23-12-14-8-4-7-11-22-14)15(19)18(2)17(16(20)21-3)9-5-6-10-17/h13-14H,4-12H2,1-3H3/t13-,14-/m0/s1. The zero-order valence-electron chi connectivity index (χ0n) is 14.5. The molecule has 2 rings (SSSR count). The van der Waals surface area contributed by atoms with E-state index in [-0.39, 0.29) is 18.0 Å². The average Bonchev–Trinajstić information content (AvgIpc) is 3.09. The molecule has 0 aromatic carbocycles. The van der Waals surface area contributed by atoms with Crippen LogP contribution in [0.25, 0.3) is 0 Å². The Labute approximate surface area is 138 Å². The van der Waals surface area contributed by atoms with Crippen LogP contribution >= 0.6 is 0 Å². The monoisotopic (exact) mass is 327 g/mol. The van der Waals surface area contributed by atoms with Gasteiger partial charge in [0.05, 0.1) is 19.8 Å². The molecule has 0 N–H and O–H groups in total. The van der Waals surface area contributed by atoms with Crippen LogP contribution in [-0.4, -0.2) is 61.9 Å². The Morgan fingerprint density at radius 2 is 1.96 bits per heavy atom. The van der Waals surface area contributed by atoms with Crippen molar-refractivity contribution in [3.63, 3.8) is 0 Å². The molecule has 1 aliphatic carbocycles. The highest BCUT2D eigenvalue weighted by molar-refractivity contribution is 5.90. The molecular formula is C17H29NO5. The summed E-state index contributed by atoms with van der Waals surface area (Å²) in [5.74, 6) is -0.498. The van der Waals surface area contributed by atoms with Gasteiger partial charge in [-0.3, -0.25) is 4.79 Å². The van der Waals surface area contributed by atoms with Crippen LogP contribution in [0.4, 0.5) is 0 Å². The van der Waals surface area contributed by atoms with Gasteiger partial charge < -0.3 is 19.1 Å². The Morgan fingerprint density at radius 1 is 1.26 bits per heavy atom. The third-order valence-corrected chi connectivity index (χ3v) is 5.12. The molecule has 2 fully saturated rings. The van der Waals surface area contributed by atoms with Gasteiger partial charge in [0, 0.05) is 13.7 Å². The maximum atomic E-state index is 12.7. The first-order valence-electron chi connectivity index (χ1n) is 8.60. The maximum absolute atomic E-state index is 12.7. The number of hydrogen-bond acceptors (Lipinski definition) is 5. The molecule has 1 amide bonds. The Morgan fingerprint density at radius 3 is 2.52 bits per heavy atom. The summed E-state index contributed by atoms with van der Waals surface area (Å²) in [6, 6.07) is 0. The van der Waals surface area contributed by atoms with E-state index in [0.717, 1.165) is 38.7 Å². The van der Waals surface area contributed by atoms with Crippen molar-refractivity contribution < 1.29 is 23.8 Å². The zero-order valence-corrected chi connectivity index (χ0v) is 14.5. The van der Waals surface area contributed by atoms with Crippen molar-refractivity contribution in [3.8, 4) is 0 Å². The molecule has 0 spiro atoms. The summed E-state index contributed by atoms with van der Waals surface area (Å²) in [6.07, 6.45) is 5.86. The lowest BCUT2D eigenvalue weighted by atomic mass is 9.95. The van der Waals surface area contributed by atoms with Gasteiger partial charge in [-0.05, 0) is 39.0 Å². The van der Waals surface area contributed by atoms with E-state index in [1.807, 2.05) is 0 Å². The first kappa shape index (κ1) is 18.2. The van der Waals surface area contributed by atoms with E-state index >= 15 is 0 Å². The number of methoxy groups -OCH3 is 1. The van der Waals surface area contributed by atoms with Gasteiger partial charge in [0.2, 0.25) is 0 Å². The molecule has 0 radical (unpaired) electrons. The predicted molar refractivity (Wildman–Crippen MR) is 85.0 cm³/mol. The lowest BCUT2D eigenvalue weighted by Gasteiger charge is -2.37. The molecular weight excluding hydrogens is 298 g/mol. The van der Waals surface area contributed by atoms with E-state index in [9.17, 15) is 9.59 Å². The van der Waals surface area contributed by atoms with Crippen LogP contribution in [0, 0.1) is 0 Å². The van der Waals surface area contributed by atoms with Crippen LogP contribution in [0.3, 0.4) is 0 Å². The number of rotatable bonds is 6. The first-order chi connectivity index (χ1) is 11.0. The van der Waals surface area contributed by atoms with Gasteiger partial charge in [0.1, 0.15) is 11.6 Å². The average molecular weight is 327 g/mol. The number of likely N-dealkylation sites (N-methyl/N-ethyl adjacent to an activating group) is 1. The Bertz CT molecular complexity index is 413. The van der Waals surface area contributed by atoms with Crippen LogP contribution in [0.1, 0.15) is 51.9 Å². The highest BCUT2D eigenvalue weighted by atomic mass is 16.5. The molecule has 6 heteroatoms. The fourth-order valence-corrected chi connectivity index (χ4v) is 3.57. The van der Waals surface area contributed by atoms with Gasteiger partial charge in [0.15, 0.2) is 0 Å². The van der Waals surface area contributed by atoms with Crippen molar-refractivity contribution >= 4 is 11.9 Å². The van der Waals surface area contributed by atoms with Gasteiger partial charge in [-0.15, -0.1) is 0 Å². The molecule has 2 aliphatic rings. The van der Waals surface area contributed by atoms with E-state index in [0.29, 0.717) is 19.4 Å². The summed E-state index contributed by atoms with van der Waals surface area (Å²) in [6.45, 7) is 2.93. The van der Waals surface area contributed by atoms with Crippen molar-refractivity contribution in [2.24, 2.45) is 0 Å². The molecule has 132 valence electrons. The van der Waals surface area contributed by atoms with Gasteiger partial charge in [-0.1, -0.05) is 12.8 Å². The zero-order chi connectivity index (χ0) is 16.9. The molecule has 0 aromatic heterocycles. The minimum atomic E-state index is -0.829. The fourth-order valence-electron chi connectivity index (χ4n) is 3.57. The molecule has 1 saturated carbocycles. The summed E-state index contributed by atoms with van der Waals surface area (Å²) in [4.78, 5) is 26.5. The van der Waals surface area contributed by atoms with Crippen molar-refractivity contribution in [1.82, 2.24) is 4.90 Å². The number of ether oxygens (including phenoxy) is 3. The van der Waals surface area contributed by atoms with Crippen molar-refractivity contribution in [1.29, 1.82) is 0 Å². The molecule has 1 saturated heterocycles. The minimum Gasteiger partial charge on any atom is -0.467 e. The van der Waals surface area contributed by atoms with Crippen LogP contribution in [-0.2, 0) is 23.8 Å². The van der Waals surface area contributed by atoms with Crippen molar-refractivity contribution in [2.45, 2.75) is 69.6 Å². The summed E-state index contributed by atoms with van der Waals surface area (Å²) < 4.78 is 16.3. The number of amides is 1. The Balaban J connectivity index is 1.92. The first-order valence-corrected chi connectivity index (χ1v) is 8.60. The molecule has 0 unspecified atom stereocenters. The Hall–Kier alpha value is -1.14. The van der Waals surface area contributed by atoms with Gasteiger partial charge in [-0.2, -0.15) is 0 Å². The number of hydrogen-bond donors (Lipinski definition) is 0. The Kier molecular flexibility index (Phi) is 6.41. The predicted octanol–water partition coefficient (Wildman–Crippen LogP) is 1.90. The lowest BCUT2D eigenvalue weighted by Crippen LogP contribution is -2.56. The summed E-state index contributed by atoms with van der Waals surface area (Å²) in [5, 5.41) is 0. The van der Waals surface area contributed by atoms with E-state index in [4.69, 9.17) is 14.2 Å². The topological polar surface area (TPSA) is 65.1 Å². The number of carbonyl (C=O) groups excluding carboxylic acids is 2. The smallest absolute Gasteiger partial charge is 0.331 e. The fraction of sp³-hybridized carbons (Fsp3) is 0.882. The largest absolute Gasteiger partial charge is 0.467 e. The molecule has 23 heavy (non-hydrogen) atoms. The normalized spacial score (nSPS) is 24.9. The lowest BCUT2D eigenvalue weighted by molar-refractivity contribution is -0.165. The number of esters is 1. The SMILES string of the molecule is COC(=O)C1(N(C)C(=O)[C@H](C)OC[C@@H]2CCCCO2)CCCC1. The molecule has 2 atom stereocenters. The van der Waals surface area contributed by atoms with E-state index in [2.05, 4.69) is 0 Å². The maximum Gasteiger partial charge on any atom is 0.331 e. The van der Waals surface area contributed by atoms with Crippen LogP contribution in [0.5, 0.6) is 0 Å². The van der Waals surface area contributed by atoms with Gasteiger partial charge in [-0.25, -0.2) is 4.79 Å².